The second-order valence-electron chi connectivity index (χ2n) is 5.15. The van der Waals surface area contributed by atoms with Crippen LogP contribution < -0.4 is 4.74 Å². The van der Waals surface area contributed by atoms with Gasteiger partial charge in [0, 0.05) is 13.2 Å². The summed E-state index contributed by atoms with van der Waals surface area (Å²) in [5.74, 6) is 0.757. The molecule has 20 heavy (non-hydrogen) atoms. The maximum atomic E-state index is 12.0. The van der Waals surface area contributed by atoms with Gasteiger partial charge >= 0.3 is 5.97 Å². The molecule has 0 unspecified atom stereocenters. The molecule has 0 bridgehead atoms. The van der Waals surface area contributed by atoms with Crippen molar-refractivity contribution in [2.24, 2.45) is 5.41 Å². The van der Waals surface area contributed by atoms with E-state index in [1.165, 1.54) is 7.11 Å². The van der Waals surface area contributed by atoms with Gasteiger partial charge in [-0.2, -0.15) is 0 Å². The first kappa shape index (κ1) is 14.9. The van der Waals surface area contributed by atoms with Crippen molar-refractivity contribution in [3.63, 3.8) is 0 Å². The molecule has 0 atom stereocenters. The number of methoxy groups -OCH3 is 1. The number of hydrogen-bond acceptors (Lipinski definition) is 4. The molecule has 0 N–H and O–H groups in total. The van der Waals surface area contributed by atoms with Gasteiger partial charge in [-0.15, -0.1) is 0 Å². The lowest BCUT2D eigenvalue weighted by atomic mass is 9.76. The minimum atomic E-state index is -0.382. The van der Waals surface area contributed by atoms with E-state index in [0.29, 0.717) is 19.8 Å². The van der Waals surface area contributed by atoms with Crippen LogP contribution in [0, 0.1) is 5.41 Å². The van der Waals surface area contributed by atoms with Crippen molar-refractivity contribution in [3.8, 4) is 5.75 Å². The minimum Gasteiger partial charge on any atom is -0.494 e. The Morgan fingerprint density at radius 3 is 2.60 bits per heavy atom. The van der Waals surface area contributed by atoms with Gasteiger partial charge in [0.15, 0.2) is 0 Å². The van der Waals surface area contributed by atoms with E-state index in [9.17, 15) is 4.79 Å². The fourth-order valence-electron chi connectivity index (χ4n) is 2.65. The molecule has 0 radical (unpaired) electrons. The van der Waals surface area contributed by atoms with E-state index in [0.717, 1.165) is 31.4 Å². The Balaban J connectivity index is 1.82. The van der Waals surface area contributed by atoms with E-state index >= 15 is 0 Å². The number of rotatable bonds is 6. The molecule has 4 nitrogen and oxygen atoms in total. The van der Waals surface area contributed by atoms with Gasteiger partial charge in [-0.05, 0) is 37.8 Å². The van der Waals surface area contributed by atoms with Crippen LogP contribution >= 0.6 is 0 Å². The molecule has 1 aliphatic heterocycles. The third kappa shape index (κ3) is 3.73. The summed E-state index contributed by atoms with van der Waals surface area (Å²) in [7, 11) is 1.46. The highest BCUT2D eigenvalue weighted by Crippen LogP contribution is 2.36. The molecule has 0 saturated carbocycles. The molecule has 1 aliphatic rings. The van der Waals surface area contributed by atoms with Crippen molar-refractivity contribution < 1.29 is 19.0 Å². The monoisotopic (exact) mass is 278 g/mol. The summed E-state index contributed by atoms with van der Waals surface area (Å²) in [6, 6.07) is 9.73. The molecular weight excluding hydrogens is 256 g/mol. The lowest BCUT2D eigenvalue weighted by molar-refractivity contribution is -0.159. The van der Waals surface area contributed by atoms with Crippen LogP contribution in [0.2, 0.25) is 0 Å². The highest BCUT2D eigenvalue weighted by atomic mass is 16.5. The summed E-state index contributed by atoms with van der Waals surface area (Å²) in [4.78, 5) is 12.0. The fourth-order valence-corrected chi connectivity index (χ4v) is 2.65. The number of carbonyl (C=O) groups excluding carboxylic acids is 1. The predicted octanol–water partition coefficient (Wildman–Crippen LogP) is 2.82. The number of hydrogen-bond donors (Lipinski definition) is 0. The predicted molar refractivity (Wildman–Crippen MR) is 75.7 cm³/mol. The first-order chi connectivity index (χ1) is 9.77. The molecule has 110 valence electrons. The lowest BCUT2D eigenvalue weighted by Crippen LogP contribution is -2.38. The van der Waals surface area contributed by atoms with Gasteiger partial charge < -0.3 is 14.2 Å². The molecule has 1 saturated heterocycles. The summed E-state index contributed by atoms with van der Waals surface area (Å²) < 4.78 is 16.0. The molecule has 1 aromatic rings. The number of carbonyl (C=O) groups is 1. The zero-order chi connectivity index (χ0) is 14.3. The zero-order valence-electron chi connectivity index (χ0n) is 12.0. The van der Waals surface area contributed by atoms with Crippen LogP contribution in [0.4, 0.5) is 0 Å². The normalized spacial score (nSPS) is 17.4. The second kappa shape index (κ2) is 7.29. The fraction of sp³-hybridized carbons (Fsp3) is 0.562. The summed E-state index contributed by atoms with van der Waals surface area (Å²) in [6.07, 6.45) is 3.11. The van der Waals surface area contributed by atoms with Crippen LogP contribution in [0.1, 0.15) is 25.7 Å². The Kier molecular flexibility index (Phi) is 5.41. The number of para-hydroxylation sites is 1. The van der Waals surface area contributed by atoms with Crippen molar-refractivity contribution in [3.05, 3.63) is 30.3 Å². The Bertz CT molecular complexity index is 410. The average molecular weight is 278 g/mol. The smallest absolute Gasteiger partial charge is 0.311 e. The summed E-state index contributed by atoms with van der Waals surface area (Å²) in [5, 5.41) is 0. The Morgan fingerprint density at radius 1 is 1.25 bits per heavy atom. The molecule has 4 heteroatoms. The third-order valence-corrected chi connectivity index (χ3v) is 3.88. The molecule has 0 spiro atoms. The summed E-state index contributed by atoms with van der Waals surface area (Å²) in [5.41, 5.74) is -0.382. The molecule has 1 fully saturated rings. The largest absolute Gasteiger partial charge is 0.494 e. The highest BCUT2D eigenvalue weighted by molar-refractivity contribution is 5.76. The van der Waals surface area contributed by atoms with Gasteiger partial charge in [-0.3, -0.25) is 4.79 Å². The summed E-state index contributed by atoms with van der Waals surface area (Å²) >= 11 is 0. The van der Waals surface area contributed by atoms with Gasteiger partial charge in [-0.1, -0.05) is 18.2 Å². The van der Waals surface area contributed by atoms with E-state index < -0.39 is 0 Å². The maximum absolute atomic E-state index is 12.0. The first-order valence-corrected chi connectivity index (χ1v) is 7.11. The maximum Gasteiger partial charge on any atom is 0.311 e. The Hall–Kier alpha value is -1.55. The third-order valence-electron chi connectivity index (χ3n) is 3.88. The molecule has 0 aliphatic carbocycles. The zero-order valence-corrected chi connectivity index (χ0v) is 12.0. The first-order valence-electron chi connectivity index (χ1n) is 7.11. The standard InChI is InChI=1S/C16H22O4/c1-18-15(17)16(9-12-19-13-10-16)8-5-11-20-14-6-3-2-4-7-14/h2-4,6-7H,5,8-13H2,1H3. The quantitative estimate of drug-likeness (QED) is 0.593. The van der Waals surface area contributed by atoms with Gasteiger partial charge in [0.05, 0.1) is 19.1 Å². The van der Waals surface area contributed by atoms with Crippen LogP contribution in [-0.2, 0) is 14.3 Å². The van der Waals surface area contributed by atoms with E-state index in [4.69, 9.17) is 14.2 Å². The Morgan fingerprint density at radius 2 is 1.95 bits per heavy atom. The van der Waals surface area contributed by atoms with E-state index in [1.54, 1.807) is 0 Å². The van der Waals surface area contributed by atoms with Crippen LogP contribution in [0.5, 0.6) is 5.75 Å². The van der Waals surface area contributed by atoms with Gasteiger partial charge in [-0.25, -0.2) is 0 Å². The SMILES string of the molecule is COC(=O)C1(CCCOc2ccccc2)CCOCC1. The van der Waals surface area contributed by atoms with Crippen molar-refractivity contribution >= 4 is 5.97 Å². The molecule has 0 amide bonds. The molecular formula is C16H22O4. The Labute approximate surface area is 120 Å². The van der Waals surface area contributed by atoms with E-state index in [-0.39, 0.29) is 11.4 Å². The van der Waals surface area contributed by atoms with Crippen molar-refractivity contribution in [2.75, 3.05) is 26.9 Å². The highest BCUT2D eigenvalue weighted by Gasteiger charge is 2.40. The van der Waals surface area contributed by atoms with E-state index in [2.05, 4.69) is 0 Å². The number of ether oxygens (including phenoxy) is 3. The molecule has 2 rings (SSSR count). The number of benzene rings is 1. The van der Waals surface area contributed by atoms with Crippen LogP contribution in [0.15, 0.2) is 30.3 Å². The summed E-state index contributed by atoms with van der Waals surface area (Å²) in [6.45, 7) is 1.88. The van der Waals surface area contributed by atoms with Crippen molar-refractivity contribution in [1.29, 1.82) is 0 Å². The van der Waals surface area contributed by atoms with Crippen molar-refractivity contribution in [1.82, 2.24) is 0 Å². The van der Waals surface area contributed by atoms with Crippen LogP contribution in [0.25, 0.3) is 0 Å². The lowest BCUT2D eigenvalue weighted by Gasteiger charge is -2.34. The van der Waals surface area contributed by atoms with Crippen molar-refractivity contribution in [2.45, 2.75) is 25.7 Å². The van der Waals surface area contributed by atoms with Crippen LogP contribution in [-0.4, -0.2) is 32.9 Å². The average Bonchev–Trinajstić information content (AvgIpc) is 2.53. The van der Waals surface area contributed by atoms with Gasteiger partial charge in [0.25, 0.3) is 0 Å². The van der Waals surface area contributed by atoms with Gasteiger partial charge in [0.2, 0.25) is 0 Å². The molecule has 1 heterocycles. The molecule has 0 aromatic heterocycles. The minimum absolute atomic E-state index is 0.111. The number of esters is 1. The van der Waals surface area contributed by atoms with Gasteiger partial charge in [0.1, 0.15) is 5.75 Å². The molecule has 1 aromatic carbocycles. The van der Waals surface area contributed by atoms with Crippen LogP contribution in [0.3, 0.4) is 0 Å². The van der Waals surface area contributed by atoms with E-state index in [1.807, 2.05) is 30.3 Å². The topological polar surface area (TPSA) is 44.8 Å². The second-order valence-corrected chi connectivity index (χ2v) is 5.15.